The molecule has 10 heteroatoms. The SMILES string of the molecule is CCNC(=NCC1(c2ccccc2)CC1)NCC1CCN(S(=O)(=O)C(F)(F)F)CC1. The lowest BCUT2D eigenvalue weighted by molar-refractivity contribution is -0.0496. The highest BCUT2D eigenvalue weighted by atomic mass is 32.2. The molecule has 168 valence electrons. The van der Waals surface area contributed by atoms with Crippen LogP contribution in [-0.4, -0.2) is 56.9 Å². The molecule has 0 amide bonds. The summed E-state index contributed by atoms with van der Waals surface area (Å²) >= 11 is 0. The first-order valence-corrected chi connectivity index (χ1v) is 11.8. The van der Waals surface area contributed by atoms with E-state index in [0.29, 0.717) is 42.7 Å². The average Bonchev–Trinajstić information content (AvgIpc) is 3.51. The maximum atomic E-state index is 12.7. The number of nitrogens with one attached hydrogen (secondary N) is 2. The smallest absolute Gasteiger partial charge is 0.357 e. The van der Waals surface area contributed by atoms with Gasteiger partial charge in [-0.05, 0) is 44.1 Å². The second-order valence-electron chi connectivity index (χ2n) is 8.02. The van der Waals surface area contributed by atoms with Gasteiger partial charge in [-0.15, -0.1) is 0 Å². The number of sulfonamides is 1. The van der Waals surface area contributed by atoms with Gasteiger partial charge in [0.25, 0.3) is 0 Å². The molecule has 2 aliphatic rings. The molecular weight excluding hydrogens is 417 g/mol. The van der Waals surface area contributed by atoms with Gasteiger partial charge in [0.1, 0.15) is 0 Å². The van der Waals surface area contributed by atoms with Crippen molar-refractivity contribution < 1.29 is 21.6 Å². The summed E-state index contributed by atoms with van der Waals surface area (Å²) in [5.41, 5.74) is -3.84. The van der Waals surface area contributed by atoms with Crippen molar-refractivity contribution in [3.8, 4) is 0 Å². The van der Waals surface area contributed by atoms with Gasteiger partial charge >= 0.3 is 15.5 Å². The molecule has 0 aromatic heterocycles. The fourth-order valence-corrected chi connectivity index (χ4v) is 4.78. The van der Waals surface area contributed by atoms with Gasteiger partial charge in [-0.3, -0.25) is 4.99 Å². The Morgan fingerprint density at radius 1 is 1.17 bits per heavy atom. The zero-order chi connectivity index (χ0) is 21.8. The van der Waals surface area contributed by atoms with Crippen molar-refractivity contribution in [1.82, 2.24) is 14.9 Å². The summed E-state index contributed by atoms with van der Waals surface area (Å²) in [6.45, 7) is 3.67. The lowest BCUT2D eigenvalue weighted by Gasteiger charge is -2.31. The predicted octanol–water partition coefficient (Wildman–Crippen LogP) is 2.83. The number of rotatable bonds is 7. The molecule has 0 spiro atoms. The minimum absolute atomic E-state index is 0.0950. The number of guanidine groups is 1. The third-order valence-corrected chi connectivity index (χ3v) is 7.52. The summed E-state index contributed by atoms with van der Waals surface area (Å²) in [5.74, 6) is 0.780. The van der Waals surface area contributed by atoms with Crippen molar-refractivity contribution in [2.24, 2.45) is 10.9 Å². The summed E-state index contributed by atoms with van der Waals surface area (Å²) in [7, 11) is -5.23. The second kappa shape index (κ2) is 9.13. The van der Waals surface area contributed by atoms with Crippen LogP contribution in [0.15, 0.2) is 35.3 Å². The van der Waals surface area contributed by atoms with Crippen molar-refractivity contribution in [3.63, 3.8) is 0 Å². The molecule has 2 fully saturated rings. The van der Waals surface area contributed by atoms with Gasteiger partial charge in [-0.2, -0.15) is 17.5 Å². The van der Waals surface area contributed by atoms with Gasteiger partial charge in [0.2, 0.25) is 0 Å². The lowest BCUT2D eigenvalue weighted by Crippen LogP contribution is -2.47. The Morgan fingerprint density at radius 2 is 1.80 bits per heavy atom. The summed E-state index contributed by atoms with van der Waals surface area (Å²) < 4.78 is 61.7. The maximum absolute atomic E-state index is 12.7. The monoisotopic (exact) mass is 446 g/mol. The fourth-order valence-electron chi connectivity index (χ4n) is 3.79. The van der Waals surface area contributed by atoms with Crippen molar-refractivity contribution in [1.29, 1.82) is 0 Å². The number of nitrogens with zero attached hydrogens (tertiary/aromatic N) is 2. The van der Waals surface area contributed by atoms with E-state index in [1.807, 2.05) is 25.1 Å². The van der Waals surface area contributed by atoms with E-state index in [2.05, 4.69) is 22.8 Å². The Balaban J connectivity index is 1.52. The zero-order valence-electron chi connectivity index (χ0n) is 17.1. The van der Waals surface area contributed by atoms with E-state index in [9.17, 15) is 21.6 Å². The Labute approximate surface area is 176 Å². The number of hydrogen-bond acceptors (Lipinski definition) is 3. The lowest BCUT2D eigenvalue weighted by atomic mass is 9.96. The number of aliphatic imine (C=N–C) groups is 1. The minimum Gasteiger partial charge on any atom is -0.357 e. The first-order chi connectivity index (χ1) is 14.2. The number of halogens is 3. The van der Waals surface area contributed by atoms with E-state index in [1.165, 1.54) is 5.56 Å². The van der Waals surface area contributed by atoms with Crippen LogP contribution in [0.4, 0.5) is 13.2 Å². The van der Waals surface area contributed by atoms with Gasteiger partial charge in [0.05, 0.1) is 6.54 Å². The highest BCUT2D eigenvalue weighted by Gasteiger charge is 2.50. The van der Waals surface area contributed by atoms with Crippen LogP contribution in [0.25, 0.3) is 0 Å². The molecule has 1 heterocycles. The van der Waals surface area contributed by atoms with Gasteiger partial charge < -0.3 is 10.6 Å². The van der Waals surface area contributed by atoms with Crippen LogP contribution in [0.1, 0.15) is 38.2 Å². The van der Waals surface area contributed by atoms with Crippen molar-refractivity contribution in [2.45, 2.75) is 43.5 Å². The molecule has 0 unspecified atom stereocenters. The average molecular weight is 447 g/mol. The molecule has 3 rings (SSSR count). The first-order valence-electron chi connectivity index (χ1n) is 10.3. The van der Waals surface area contributed by atoms with Gasteiger partial charge in [-0.1, -0.05) is 30.3 Å². The molecule has 1 saturated carbocycles. The highest BCUT2D eigenvalue weighted by Crippen LogP contribution is 2.48. The number of piperidine rings is 1. The van der Waals surface area contributed by atoms with Gasteiger partial charge in [0.15, 0.2) is 5.96 Å². The van der Waals surface area contributed by atoms with Crippen LogP contribution in [0.2, 0.25) is 0 Å². The van der Waals surface area contributed by atoms with E-state index in [0.717, 1.165) is 12.8 Å². The Hall–Kier alpha value is -1.81. The normalized spacial score (nSPS) is 20.7. The third-order valence-electron chi connectivity index (χ3n) is 5.89. The number of hydrogen-bond donors (Lipinski definition) is 2. The van der Waals surface area contributed by atoms with E-state index in [-0.39, 0.29) is 24.4 Å². The summed E-state index contributed by atoms with van der Waals surface area (Å²) in [4.78, 5) is 4.73. The van der Waals surface area contributed by atoms with Crippen molar-refractivity contribution in [2.75, 3.05) is 32.7 Å². The molecule has 0 atom stereocenters. The predicted molar refractivity (Wildman–Crippen MR) is 111 cm³/mol. The second-order valence-corrected chi connectivity index (χ2v) is 9.95. The van der Waals surface area contributed by atoms with E-state index >= 15 is 0 Å². The highest BCUT2D eigenvalue weighted by molar-refractivity contribution is 7.90. The molecule has 0 bridgehead atoms. The molecule has 30 heavy (non-hydrogen) atoms. The van der Waals surface area contributed by atoms with Gasteiger partial charge in [0, 0.05) is 31.6 Å². The molecule has 0 radical (unpaired) electrons. The van der Waals surface area contributed by atoms with E-state index < -0.39 is 15.5 Å². The van der Waals surface area contributed by atoms with Crippen LogP contribution in [-0.2, 0) is 15.4 Å². The summed E-state index contributed by atoms with van der Waals surface area (Å²) in [6, 6.07) is 10.3. The van der Waals surface area contributed by atoms with E-state index in [1.54, 1.807) is 0 Å². The number of alkyl halides is 3. The maximum Gasteiger partial charge on any atom is 0.511 e. The van der Waals surface area contributed by atoms with E-state index in [4.69, 9.17) is 4.99 Å². The molecule has 1 aliphatic heterocycles. The molecule has 6 nitrogen and oxygen atoms in total. The first kappa shape index (κ1) is 22.9. The van der Waals surface area contributed by atoms with Crippen molar-refractivity contribution in [3.05, 3.63) is 35.9 Å². The standard InChI is InChI=1S/C20H29F3N4O2S/c1-2-24-18(26-15-19(10-11-19)17-6-4-3-5-7-17)25-14-16-8-12-27(13-9-16)30(28,29)20(21,22)23/h3-7,16H,2,8-15H2,1H3,(H2,24,25,26). The third kappa shape index (κ3) is 5.26. The van der Waals surface area contributed by atoms with Crippen molar-refractivity contribution >= 4 is 16.0 Å². The summed E-state index contributed by atoms with van der Waals surface area (Å²) in [6.07, 6.45) is 2.98. The summed E-state index contributed by atoms with van der Waals surface area (Å²) in [5, 5.41) is 6.49. The molecular formula is C20H29F3N4O2S. The van der Waals surface area contributed by atoms with Crippen LogP contribution < -0.4 is 10.6 Å². The fraction of sp³-hybridized carbons (Fsp3) is 0.650. The Bertz CT molecular complexity index is 831. The quantitative estimate of drug-likeness (QED) is 0.499. The van der Waals surface area contributed by atoms with Crippen LogP contribution in [0.5, 0.6) is 0 Å². The largest absolute Gasteiger partial charge is 0.511 e. The number of benzene rings is 1. The van der Waals surface area contributed by atoms with Crippen LogP contribution in [0.3, 0.4) is 0 Å². The van der Waals surface area contributed by atoms with Crippen LogP contribution >= 0.6 is 0 Å². The minimum atomic E-state index is -5.24. The topological polar surface area (TPSA) is 73.8 Å². The zero-order valence-corrected chi connectivity index (χ0v) is 17.9. The molecule has 1 aliphatic carbocycles. The van der Waals surface area contributed by atoms with Crippen LogP contribution in [0, 0.1) is 5.92 Å². The Kier molecular flexibility index (Phi) is 6.96. The molecule has 1 saturated heterocycles. The molecule has 1 aromatic carbocycles. The van der Waals surface area contributed by atoms with Gasteiger partial charge in [-0.25, -0.2) is 8.42 Å². The molecule has 2 N–H and O–H groups in total. The Morgan fingerprint density at radius 3 is 2.33 bits per heavy atom. The molecule has 1 aromatic rings.